The zero-order valence-electron chi connectivity index (χ0n) is 15.9. The van der Waals surface area contributed by atoms with Gasteiger partial charge in [0, 0.05) is 11.1 Å². The van der Waals surface area contributed by atoms with Crippen LogP contribution in [0.3, 0.4) is 0 Å². The fraction of sp³-hybridized carbons (Fsp3) is 0.0400. The number of carboxylic acid groups (broad SMARTS) is 1. The number of hydrogen-bond acceptors (Lipinski definition) is 4. The number of benzene rings is 4. The highest BCUT2D eigenvalue weighted by atomic mass is 32.2. The predicted molar refractivity (Wildman–Crippen MR) is 121 cm³/mol. The van der Waals surface area contributed by atoms with Gasteiger partial charge in [0.25, 0.3) is 5.22 Å². The van der Waals surface area contributed by atoms with Crippen LogP contribution < -0.4 is 0 Å². The Bertz CT molecular complexity index is 1290. The van der Waals surface area contributed by atoms with E-state index in [9.17, 15) is 4.79 Å². The molecule has 0 atom stereocenters. The summed E-state index contributed by atoms with van der Waals surface area (Å²) in [5.74, 6) is -0.365. The van der Waals surface area contributed by atoms with Crippen molar-refractivity contribution in [1.29, 1.82) is 0 Å². The molecule has 0 radical (unpaired) electrons. The number of fused-ring (bicyclic) bond motifs is 2. The molecule has 0 saturated heterocycles. The second-order valence-corrected chi connectivity index (χ2v) is 7.89. The van der Waals surface area contributed by atoms with Gasteiger partial charge in [0.1, 0.15) is 11.4 Å². The number of thioether (sulfide) groups is 1. The number of carbonyl (C=O) groups is 1. The summed E-state index contributed by atoms with van der Waals surface area (Å²) in [6.07, 6.45) is 0. The third-order valence-electron chi connectivity index (χ3n) is 4.96. The molecule has 0 bridgehead atoms. The van der Waals surface area contributed by atoms with E-state index in [0.29, 0.717) is 16.7 Å². The summed E-state index contributed by atoms with van der Waals surface area (Å²) >= 11 is 1.08. The lowest BCUT2D eigenvalue weighted by Crippen LogP contribution is -1.97. The van der Waals surface area contributed by atoms with Crippen molar-refractivity contribution in [2.45, 2.75) is 5.22 Å². The fourth-order valence-electron chi connectivity index (χ4n) is 3.54. The number of oxazole rings is 1. The van der Waals surface area contributed by atoms with Crippen LogP contribution in [-0.4, -0.2) is 21.8 Å². The Labute approximate surface area is 177 Å². The van der Waals surface area contributed by atoms with E-state index in [0.717, 1.165) is 44.4 Å². The monoisotopic (exact) mass is 411 g/mol. The number of carboxylic acids is 1. The third kappa shape index (κ3) is 3.55. The minimum Gasteiger partial charge on any atom is -0.481 e. The molecule has 0 spiro atoms. The van der Waals surface area contributed by atoms with Crippen LogP contribution in [0.4, 0.5) is 0 Å². The molecule has 1 N–H and O–H groups in total. The minimum atomic E-state index is -0.905. The molecule has 0 aliphatic carbocycles. The normalized spacial score (nSPS) is 11.2. The summed E-state index contributed by atoms with van der Waals surface area (Å²) in [7, 11) is 0. The van der Waals surface area contributed by atoms with Gasteiger partial charge in [0.2, 0.25) is 0 Å². The molecule has 5 heteroatoms. The van der Waals surface area contributed by atoms with E-state index in [4.69, 9.17) is 9.52 Å². The first-order valence-corrected chi connectivity index (χ1v) is 10.5. The Kier molecular flexibility index (Phi) is 4.73. The molecule has 4 nitrogen and oxygen atoms in total. The van der Waals surface area contributed by atoms with Crippen LogP contribution in [0.5, 0.6) is 0 Å². The Hall–Kier alpha value is -3.57. The average Bonchev–Trinajstić information content (AvgIpc) is 3.21. The molecule has 146 valence electrons. The van der Waals surface area contributed by atoms with Crippen molar-refractivity contribution in [3.8, 4) is 22.6 Å². The average molecular weight is 411 g/mol. The Morgan fingerprint density at radius 3 is 2.00 bits per heavy atom. The van der Waals surface area contributed by atoms with Gasteiger partial charge in [-0.1, -0.05) is 84.6 Å². The van der Waals surface area contributed by atoms with E-state index in [1.807, 2.05) is 36.4 Å². The molecule has 0 saturated carbocycles. The summed E-state index contributed by atoms with van der Waals surface area (Å²) in [6, 6.07) is 28.6. The summed E-state index contributed by atoms with van der Waals surface area (Å²) < 4.78 is 6.06. The van der Waals surface area contributed by atoms with Crippen molar-refractivity contribution in [2.24, 2.45) is 0 Å². The van der Waals surface area contributed by atoms with E-state index < -0.39 is 5.97 Å². The van der Waals surface area contributed by atoms with Crippen molar-refractivity contribution in [3.05, 3.63) is 84.9 Å². The summed E-state index contributed by atoms with van der Waals surface area (Å²) in [4.78, 5) is 15.7. The number of hydrogen-bond donors (Lipinski definition) is 1. The largest absolute Gasteiger partial charge is 0.481 e. The smallest absolute Gasteiger partial charge is 0.314 e. The molecule has 30 heavy (non-hydrogen) atoms. The second-order valence-electron chi connectivity index (χ2n) is 6.96. The molecule has 5 rings (SSSR count). The zero-order chi connectivity index (χ0) is 20.5. The van der Waals surface area contributed by atoms with E-state index in [-0.39, 0.29) is 5.75 Å². The predicted octanol–water partition coefficient (Wildman–Crippen LogP) is 6.49. The first kappa shape index (κ1) is 18.5. The highest BCUT2D eigenvalue weighted by molar-refractivity contribution is 7.99. The molecule has 4 aromatic carbocycles. The van der Waals surface area contributed by atoms with Gasteiger partial charge in [0.15, 0.2) is 5.76 Å². The molecule has 0 aliphatic rings. The van der Waals surface area contributed by atoms with Crippen LogP contribution >= 0.6 is 11.8 Å². The number of aliphatic carboxylic acids is 1. The second kappa shape index (κ2) is 7.69. The molecule has 5 aromatic rings. The van der Waals surface area contributed by atoms with Crippen LogP contribution in [-0.2, 0) is 4.79 Å². The molecule has 0 unspecified atom stereocenters. The van der Waals surface area contributed by atoms with Crippen molar-refractivity contribution < 1.29 is 14.3 Å². The van der Waals surface area contributed by atoms with Gasteiger partial charge in [-0.3, -0.25) is 4.79 Å². The Balaban J connectivity index is 1.66. The Morgan fingerprint density at radius 1 is 0.800 bits per heavy atom. The number of nitrogens with zero attached hydrogens (tertiary/aromatic N) is 1. The van der Waals surface area contributed by atoms with Gasteiger partial charge < -0.3 is 9.52 Å². The summed E-state index contributed by atoms with van der Waals surface area (Å²) in [6.45, 7) is 0. The van der Waals surface area contributed by atoms with Crippen LogP contribution in [0, 0.1) is 0 Å². The lowest BCUT2D eigenvalue weighted by atomic mass is 10.0. The van der Waals surface area contributed by atoms with E-state index in [1.54, 1.807) is 0 Å². The van der Waals surface area contributed by atoms with Crippen molar-refractivity contribution in [3.63, 3.8) is 0 Å². The van der Waals surface area contributed by atoms with Gasteiger partial charge in [-0.05, 0) is 33.7 Å². The van der Waals surface area contributed by atoms with Gasteiger partial charge in [-0.15, -0.1) is 0 Å². The van der Waals surface area contributed by atoms with Gasteiger partial charge in [-0.2, -0.15) is 0 Å². The standard InChI is InChI=1S/C25H17NO3S/c27-22(28)15-30-25-26-23(20-11-9-16-5-1-3-7-18(16)13-20)24(29-25)21-12-10-17-6-2-4-8-19(17)14-21/h1-14H,15H2,(H,27,28). The zero-order valence-corrected chi connectivity index (χ0v) is 16.7. The minimum absolute atomic E-state index is 0.102. The highest BCUT2D eigenvalue weighted by Gasteiger charge is 2.18. The fourth-order valence-corrected chi connectivity index (χ4v) is 4.09. The maximum Gasteiger partial charge on any atom is 0.314 e. The molecule has 0 fully saturated rings. The van der Waals surface area contributed by atoms with Crippen molar-refractivity contribution in [2.75, 3.05) is 5.75 Å². The maximum atomic E-state index is 11.0. The van der Waals surface area contributed by atoms with E-state index >= 15 is 0 Å². The summed E-state index contributed by atoms with van der Waals surface area (Å²) in [5.41, 5.74) is 2.55. The number of rotatable bonds is 5. The molecular weight excluding hydrogens is 394 g/mol. The number of aromatic nitrogens is 1. The van der Waals surface area contributed by atoms with E-state index in [1.165, 1.54) is 0 Å². The SMILES string of the molecule is O=C(O)CSc1nc(-c2ccc3ccccc3c2)c(-c2ccc3ccccc3c2)o1. The van der Waals surface area contributed by atoms with Crippen molar-refractivity contribution >= 4 is 39.3 Å². The molecule has 0 aliphatic heterocycles. The topological polar surface area (TPSA) is 63.3 Å². The third-order valence-corrected chi connectivity index (χ3v) is 5.77. The van der Waals surface area contributed by atoms with Crippen LogP contribution in [0.25, 0.3) is 44.1 Å². The lowest BCUT2D eigenvalue weighted by Gasteiger charge is -2.05. The van der Waals surface area contributed by atoms with Gasteiger partial charge >= 0.3 is 5.97 Å². The molecular formula is C25H17NO3S. The van der Waals surface area contributed by atoms with Gasteiger partial charge in [-0.25, -0.2) is 4.98 Å². The Morgan fingerprint density at radius 2 is 1.37 bits per heavy atom. The van der Waals surface area contributed by atoms with Crippen LogP contribution in [0.2, 0.25) is 0 Å². The van der Waals surface area contributed by atoms with Crippen LogP contribution in [0.15, 0.2) is 94.6 Å². The van der Waals surface area contributed by atoms with Crippen LogP contribution in [0.1, 0.15) is 0 Å². The lowest BCUT2D eigenvalue weighted by molar-refractivity contribution is -0.133. The highest BCUT2D eigenvalue weighted by Crippen LogP contribution is 2.37. The quantitative estimate of drug-likeness (QED) is 0.335. The molecule has 1 heterocycles. The van der Waals surface area contributed by atoms with Gasteiger partial charge in [0.05, 0.1) is 0 Å². The summed E-state index contributed by atoms with van der Waals surface area (Å²) in [5, 5.41) is 13.9. The first-order chi connectivity index (χ1) is 14.7. The first-order valence-electron chi connectivity index (χ1n) is 9.51. The van der Waals surface area contributed by atoms with Crippen molar-refractivity contribution in [1.82, 2.24) is 4.98 Å². The molecule has 1 aromatic heterocycles. The maximum absolute atomic E-state index is 11.0. The molecule has 0 amide bonds. The van der Waals surface area contributed by atoms with E-state index in [2.05, 4.69) is 53.5 Å².